The zero-order valence-corrected chi connectivity index (χ0v) is 17.3. The number of aryl methyl sites for hydroxylation is 1. The van der Waals surface area contributed by atoms with Gasteiger partial charge in [0.05, 0.1) is 42.0 Å². The van der Waals surface area contributed by atoms with Gasteiger partial charge in [0.1, 0.15) is 0 Å². The van der Waals surface area contributed by atoms with E-state index in [2.05, 4.69) is 25.3 Å². The van der Waals surface area contributed by atoms with Gasteiger partial charge in [-0.25, -0.2) is 19.9 Å². The van der Waals surface area contributed by atoms with Crippen LogP contribution in [-0.2, 0) is 6.42 Å². The van der Waals surface area contributed by atoms with Gasteiger partial charge in [-0.05, 0) is 12.5 Å². The number of nitrogens with two attached hydrogens (primary N) is 1. The van der Waals surface area contributed by atoms with Crippen LogP contribution in [0, 0.1) is 6.92 Å². The molecule has 154 valence electrons. The number of methoxy groups -OCH3 is 1. The fourth-order valence-corrected chi connectivity index (χ4v) is 3.73. The van der Waals surface area contributed by atoms with Gasteiger partial charge in [-0.2, -0.15) is 0 Å². The lowest BCUT2D eigenvalue weighted by Gasteiger charge is -2.27. The van der Waals surface area contributed by atoms with Crippen molar-refractivity contribution in [3.8, 4) is 17.1 Å². The number of carbonyl (C=O) groups excluding carboxylic acids is 1. The van der Waals surface area contributed by atoms with E-state index >= 15 is 0 Å². The molecule has 1 aliphatic heterocycles. The first-order valence-corrected chi connectivity index (χ1v) is 9.50. The Morgan fingerprint density at radius 1 is 1.20 bits per heavy atom. The summed E-state index contributed by atoms with van der Waals surface area (Å²) >= 11 is 0. The third-order valence-corrected chi connectivity index (χ3v) is 5.06. The van der Waals surface area contributed by atoms with E-state index in [0.29, 0.717) is 40.8 Å². The first-order valence-electron chi connectivity index (χ1n) is 9.50. The summed E-state index contributed by atoms with van der Waals surface area (Å²) in [5.41, 5.74) is 9.98. The molecular formula is C21H23N7O2. The van der Waals surface area contributed by atoms with Gasteiger partial charge in [0.25, 0.3) is 11.8 Å². The first kappa shape index (κ1) is 19.6. The Hall–Kier alpha value is -3.75. The summed E-state index contributed by atoms with van der Waals surface area (Å²) in [6.45, 7) is 1.76. The third kappa shape index (κ3) is 3.38. The van der Waals surface area contributed by atoms with Crippen LogP contribution in [0.3, 0.4) is 0 Å². The topological polar surface area (TPSA) is 119 Å². The van der Waals surface area contributed by atoms with Gasteiger partial charge in [-0.15, -0.1) is 0 Å². The zero-order chi connectivity index (χ0) is 21.4. The van der Waals surface area contributed by atoms with E-state index in [9.17, 15) is 4.79 Å². The highest BCUT2D eigenvalue weighted by atomic mass is 16.5. The van der Waals surface area contributed by atoms with Crippen molar-refractivity contribution in [3.63, 3.8) is 0 Å². The Morgan fingerprint density at radius 3 is 2.70 bits per heavy atom. The smallest absolute Gasteiger partial charge is 0.257 e. The van der Waals surface area contributed by atoms with Gasteiger partial charge in [0.2, 0.25) is 5.95 Å². The number of nitrogens with one attached hydrogen (secondary N) is 1. The van der Waals surface area contributed by atoms with E-state index in [1.54, 1.807) is 20.2 Å². The SMILES string of the molecule is COc1nc(-c2ccccc2C2Cc3nc(N)nc(C)c3C(=O)N2)cnc1N(C)C. The minimum Gasteiger partial charge on any atom is -0.478 e. The molecule has 0 bridgehead atoms. The molecule has 9 heteroatoms. The molecule has 3 heterocycles. The third-order valence-electron chi connectivity index (χ3n) is 5.06. The van der Waals surface area contributed by atoms with E-state index in [4.69, 9.17) is 10.5 Å². The number of benzene rings is 1. The average molecular weight is 405 g/mol. The van der Waals surface area contributed by atoms with Crippen molar-refractivity contribution in [1.29, 1.82) is 0 Å². The van der Waals surface area contributed by atoms with E-state index in [1.165, 1.54) is 0 Å². The quantitative estimate of drug-likeness (QED) is 0.676. The molecule has 0 aliphatic carbocycles. The van der Waals surface area contributed by atoms with Crippen LogP contribution in [0.2, 0.25) is 0 Å². The summed E-state index contributed by atoms with van der Waals surface area (Å²) in [4.78, 5) is 32.2. The maximum atomic E-state index is 12.8. The summed E-state index contributed by atoms with van der Waals surface area (Å²) < 4.78 is 5.43. The Bertz CT molecular complexity index is 1130. The number of rotatable bonds is 4. The molecule has 1 unspecified atom stereocenters. The Balaban J connectivity index is 1.77. The highest BCUT2D eigenvalue weighted by Crippen LogP contribution is 2.34. The predicted octanol–water partition coefficient (Wildman–Crippen LogP) is 1.93. The Labute approximate surface area is 174 Å². The second-order valence-corrected chi connectivity index (χ2v) is 7.29. The normalized spacial score (nSPS) is 15.3. The number of anilines is 2. The molecule has 30 heavy (non-hydrogen) atoms. The summed E-state index contributed by atoms with van der Waals surface area (Å²) in [6.07, 6.45) is 2.21. The van der Waals surface area contributed by atoms with Gasteiger partial charge in [-0.1, -0.05) is 24.3 Å². The monoisotopic (exact) mass is 405 g/mol. The second-order valence-electron chi connectivity index (χ2n) is 7.29. The lowest BCUT2D eigenvalue weighted by atomic mass is 9.90. The molecule has 1 aliphatic rings. The minimum absolute atomic E-state index is 0.169. The van der Waals surface area contributed by atoms with Crippen LogP contribution in [0.4, 0.5) is 11.8 Å². The van der Waals surface area contributed by atoms with Crippen LogP contribution >= 0.6 is 0 Å². The van der Waals surface area contributed by atoms with Crippen LogP contribution < -0.4 is 20.7 Å². The van der Waals surface area contributed by atoms with Gasteiger partial charge in [0.15, 0.2) is 5.82 Å². The standard InChI is InChI=1S/C21H23N7O2/c1-11-17-15(27-21(22)24-11)9-14(25-19(17)29)12-7-5-6-8-13(12)16-10-23-18(28(2)3)20(26-16)30-4/h5-8,10,14H,9H2,1-4H3,(H,25,29)(H2,22,24,27). The molecule has 0 spiro atoms. The summed E-state index contributed by atoms with van der Waals surface area (Å²) in [6, 6.07) is 7.50. The van der Waals surface area contributed by atoms with Gasteiger partial charge >= 0.3 is 0 Å². The Morgan fingerprint density at radius 2 is 1.97 bits per heavy atom. The lowest BCUT2D eigenvalue weighted by molar-refractivity contribution is 0.0922. The fourth-order valence-electron chi connectivity index (χ4n) is 3.73. The van der Waals surface area contributed by atoms with Gasteiger partial charge < -0.3 is 20.7 Å². The summed E-state index contributed by atoms with van der Waals surface area (Å²) in [7, 11) is 5.33. The van der Waals surface area contributed by atoms with Crippen molar-refractivity contribution < 1.29 is 9.53 Å². The fraction of sp³-hybridized carbons (Fsp3) is 0.286. The van der Waals surface area contributed by atoms with E-state index in [-0.39, 0.29) is 17.9 Å². The number of aromatic nitrogens is 4. The maximum Gasteiger partial charge on any atom is 0.257 e. The molecule has 3 N–H and O–H groups in total. The number of nitrogens with zero attached hydrogens (tertiary/aromatic N) is 5. The molecule has 2 aromatic heterocycles. The number of amides is 1. The molecule has 1 amide bonds. The molecule has 9 nitrogen and oxygen atoms in total. The van der Waals surface area contributed by atoms with E-state index in [1.807, 2.05) is 43.3 Å². The zero-order valence-electron chi connectivity index (χ0n) is 17.3. The number of hydrogen-bond donors (Lipinski definition) is 2. The number of fused-ring (bicyclic) bond motifs is 1. The van der Waals surface area contributed by atoms with E-state index in [0.717, 1.165) is 11.1 Å². The number of carbonyl (C=O) groups is 1. The van der Waals surface area contributed by atoms with Crippen molar-refractivity contribution in [2.75, 3.05) is 31.8 Å². The molecule has 1 atom stereocenters. The molecule has 0 fully saturated rings. The molecule has 4 rings (SSSR count). The van der Waals surface area contributed by atoms with Crippen LogP contribution in [-0.4, -0.2) is 47.0 Å². The molecule has 0 radical (unpaired) electrons. The first-order chi connectivity index (χ1) is 14.4. The van der Waals surface area contributed by atoms with Crippen LogP contribution in [0.15, 0.2) is 30.5 Å². The summed E-state index contributed by atoms with van der Waals surface area (Å²) in [5.74, 6) is 1.03. The molecule has 0 saturated heterocycles. The van der Waals surface area contributed by atoms with Crippen molar-refractivity contribution in [3.05, 3.63) is 53.0 Å². The van der Waals surface area contributed by atoms with Crippen LogP contribution in [0.25, 0.3) is 11.3 Å². The van der Waals surface area contributed by atoms with Gasteiger partial charge in [0, 0.05) is 26.1 Å². The van der Waals surface area contributed by atoms with E-state index < -0.39 is 0 Å². The predicted molar refractivity (Wildman–Crippen MR) is 113 cm³/mol. The molecule has 0 saturated carbocycles. The van der Waals surface area contributed by atoms with Crippen LogP contribution in [0.1, 0.15) is 33.4 Å². The highest BCUT2D eigenvalue weighted by Gasteiger charge is 2.30. The molecular weight excluding hydrogens is 382 g/mol. The van der Waals surface area contributed by atoms with Crippen molar-refractivity contribution in [2.45, 2.75) is 19.4 Å². The number of hydrogen-bond acceptors (Lipinski definition) is 8. The van der Waals surface area contributed by atoms with Crippen molar-refractivity contribution >= 4 is 17.7 Å². The van der Waals surface area contributed by atoms with Gasteiger partial charge in [-0.3, -0.25) is 4.79 Å². The molecule has 1 aromatic carbocycles. The maximum absolute atomic E-state index is 12.8. The molecule has 3 aromatic rings. The largest absolute Gasteiger partial charge is 0.478 e. The number of ether oxygens (including phenoxy) is 1. The minimum atomic E-state index is -0.281. The summed E-state index contributed by atoms with van der Waals surface area (Å²) in [5, 5.41) is 3.07. The lowest BCUT2D eigenvalue weighted by Crippen LogP contribution is -2.37. The second kappa shape index (κ2) is 7.58. The highest BCUT2D eigenvalue weighted by molar-refractivity contribution is 5.98. The van der Waals surface area contributed by atoms with Crippen LogP contribution in [0.5, 0.6) is 5.88 Å². The Kier molecular flexibility index (Phi) is 4.94. The van der Waals surface area contributed by atoms with Crippen molar-refractivity contribution in [2.24, 2.45) is 0 Å². The number of nitrogen functional groups attached to an aromatic ring is 1. The average Bonchev–Trinajstić information content (AvgIpc) is 2.72. The van der Waals surface area contributed by atoms with Crippen molar-refractivity contribution in [1.82, 2.24) is 25.3 Å².